The molecule has 2 aliphatic carbocycles. The van der Waals surface area contributed by atoms with E-state index in [1.54, 1.807) is 0 Å². The first kappa shape index (κ1) is 17.2. The van der Waals surface area contributed by atoms with Crippen LogP contribution >= 0.6 is 0 Å². The summed E-state index contributed by atoms with van der Waals surface area (Å²) >= 11 is 0. The molecule has 1 aliphatic heterocycles. The van der Waals surface area contributed by atoms with Crippen molar-refractivity contribution in [3.8, 4) is 0 Å². The van der Waals surface area contributed by atoms with Gasteiger partial charge in [-0.05, 0) is 50.4 Å². The van der Waals surface area contributed by atoms with Crippen LogP contribution in [-0.4, -0.2) is 19.5 Å². The average molecular weight is 319 g/mol. The molecule has 2 nitrogen and oxygen atoms in total. The Balaban J connectivity index is 1.71. The zero-order valence-electron chi connectivity index (χ0n) is 15.8. The van der Waals surface area contributed by atoms with Crippen molar-refractivity contribution < 1.29 is 9.47 Å². The highest BCUT2D eigenvalue weighted by Gasteiger charge is 2.48. The Bertz CT molecular complexity index is 496. The summed E-state index contributed by atoms with van der Waals surface area (Å²) in [6.45, 7) is 15.6. The molecule has 1 heterocycles. The third kappa shape index (κ3) is 3.05. The molecule has 1 fully saturated rings. The lowest BCUT2D eigenvalue weighted by atomic mass is 9.62. The summed E-state index contributed by atoms with van der Waals surface area (Å²) in [4.78, 5) is 0. The van der Waals surface area contributed by atoms with Crippen molar-refractivity contribution in [2.45, 2.75) is 60.7 Å². The molecule has 0 amide bonds. The van der Waals surface area contributed by atoms with Gasteiger partial charge < -0.3 is 9.47 Å². The van der Waals surface area contributed by atoms with Crippen molar-refractivity contribution in [3.63, 3.8) is 0 Å². The summed E-state index contributed by atoms with van der Waals surface area (Å²) in [6.07, 6.45) is 7.18. The third-order valence-corrected chi connectivity index (χ3v) is 6.85. The Morgan fingerprint density at radius 2 is 1.52 bits per heavy atom. The van der Waals surface area contributed by atoms with E-state index in [1.165, 1.54) is 24.0 Å². The van der Waals surface area contributed by atoms with Crippen molar-refractivity contribution in [2.75, 3.05) is 13.2 Å². The molecule has 0 aromatic carbocycles. The van der Waals surface area contributed by atoms with Crippen molar-refractivity contribution in [3.05, 3.63) is 23.3 Å². The lowest BCUT2D eigenvalue weighted by molar-refractivity contribution is -0.277. The van der Waals surface area contributed by atoms with Crippen LogP contribution in [0.25, 0.3) is 0 Å². The number of allylic oxidation sites excluding steroid dienone is 4. The van der Waals surface area contributed by atoms with E-state index in [2.05, 4.69) is 53.7 Å². The van der Waals surface area contributed by atoms with E-state index >= 15 is 0 Å². The van der Waals surface area contributed by atoms with Gasteiger partial charge in [0.25, 0.3) is 0 Å². The topological polar surface area (TPSA) is 18.5 Å². The van der Waals surface area contributed by atoms with Crippen LogP contribution in [0.4, 0.5) is 0 Å². The quantitative estimate of drug-likeness (QED) is 0.618. The molecule has 23 heavy (non-hydrogen) atoms. The minimum atomic E-state index is -0.0265. The Labute approximate surface area is 142 Å². The monoisotopic (exact) mass is 318 g/mol. The fourth-order valence-corrected chi connectivity index (χ4v) is 5.44. The number of ether oxygens (including phenoxy) is 2. The largest absolute Gasteiger partial charge is 0.352 e. The predicted molar refractivity (Wildman–Crippen MR) is 95.0 cm³/mol. The second-order valence-corrected chi connectivity index (χ2v) is 8.76. The molecule has 0 unspecified atom stereocenters. The van der Waals surface area contributed by atoms with Crippen LogP contribution in [-0.2, 0) is 9.47 Å². The van der Waals surface area contributed by atoms with Crippen LogP contribution in [0.1, 0.15) is 54.4 Å². The summed E-state index contributed by atoms with van der Waals surface area (Å²) in [6, 6.07) is 0. The van der Waals surface area contributed by atoms with Gasteiger partial charge in [-0.1, -0.05) is 51.0 Å². The van der Waals surface area contributed by atoms with Crippen LogP contribution < -0.4 is 0 Å². The minimum absolute atomic E-state index is 0.0265. The first-order chi connectivity index (χ1) is 10.8. The zero-order valence-corrected chi connectivity index (χ0v) is 15.8. The second-order valence-electron chi connectivity index (χ2n) is 8.76. The van der Waals surface area contributed by atoms with E-state index < -0.39 is 0 Å². The summed E-state index contributed by atoms with van der Waals surface area (Å²) in [5.41, 5.74) is 3.21. The van der Waals surface area contributed by atoms with Crippen molar-refractivity contribution >= 4 is 0 Å². The lowest BCUT2D eigenvalue weighted by Gasteiger charge is -2.51. The smallest absolute Gasteiger partial charge is 0.161 e. The Kier molecular flexibility index (Phi) is 4.77. The lowest BCUT2D eigenvalue weighted by Crippen LogP contribution is -2.53. The van der Waals surface area contributed by atoms with E-state index in [0.717, 1.165) is 13.2 Å². The molecule has 0 bridgehead atoms. The van der Waals surface area contributed by atoms with Gasteiger partial charge in [0.15, 0.2) is 6.29 Å². The molecular formula is C21H34O2. The van der Waals surface area contributed by atoms with Crippen LogP contribution in [0.2, 0.25) is 0 Å². The SMILES string of the molecule is CC1=C[C@@H](C)[C@H](C2OCC3(CO2)[C@H](C)CC(C)=C[C@@H]3C)[C@H](C)C1. The second kappa shape index (κ2) is 6.37. The van der Waals surface area contributed by atoms with Crippen molar-refractivity contribution in [1.29, 1.82) is 0 Å². The minimum Gasteiger partial charge on any atom is -0.352 e. The van der Waals surface area contributed by atoms with E-state index in [1.807, 2.05) is 0 Å². The Morgan fingerprint density at radius 1 is 0.913 bits per heavy atom. The van der Waals surface area contributed by atoms with Gasteiger partial charge in [-0.3, -0.25) is 0 Å². The standard InChI is InChI=1S/C21H34O2/c1-13-7-15(3)19(16(4)8-13)20-22-11-21(12-23-20)17(5)9-14(2)10-18(21)6/h7,9,15-20H,8,10-12H2,1-6H3/t15-,16-,17+,18-,19+,20?,21?/m1/s1. The van der Waals surface area contributed by atoms with Gasteiger partial charge in [0.2, 0.25) is 0 Å². The summed E-state index contributed by atoms with van der Waals surface area (Å²) < 4.78 is 12.8. The molecule has 0 saturated carbocycles. The predicted octanol–water partition coefficient (Wildman–Crippen LogP) is 5.21. The van der Waals surface area contributed by atoms with E-state index in [4.69, 9.17) is 9.47 Å². The molecule has 130 valence electrons. The van der Waals surface area contributed by atoms with Crippen LogP contribution in [0.5, 0.6) is 0 Å². The number of hydrogen-bond acceptors (Lipinski definition) is 2. The van der Waals surface area contributed by atoms with E-state index in [9.17, 15) is 0 Å². The molecular weight excluding hydrogens is 284 g/mol. The molecule has 2 heteroatoms. The van der Waals surface area contributed by atoms with Gasteiger partial charge in [0.05, 0.1) is 13.2 Å². The van der Waals surface area contributed by atoms with Gasteiger partial charge in [0, 0.05) is 11.3 Å². The molecule has 0 aromatic heterocycles. The zero-order chi connectivity index (χ0) is 16.8. The normalized spacial score (nSPS) is 48.1. The number of rotatable bonds is 1. The van der Waals surface area contributed by atoms with Crippen LogP contribution in [0.15, 0.2) is 23.3 Å². The summed E-state index contributed by atoms with van der Waals surface area (Å²) in [5, 5.41) is 0. The van der Waals surface area contributed by atoms with Crippen molar-refractivity contribution in [2.24, 2.45) is 35.0 Å². The molecule has 0 N–H and O–H groups in total. The highest BCUT2D eigenvalue weighted by atomic mass is 16.7. The Hall–Kier alpha value is -0.600. The third-order valence-electron chi connectivity index (χ3n) is 6.85. The van der Waals surface area contributed by atoms with Gasteiger partial charge in [0.1, 0.15) is 0 Å². The average Bonchev–Trinajstić information content (AvgIpc) is 2.45. The summed E-state index contributed by atoms with van der Waals surface area (Å²) in [7, 11) is 0. The fraction of sp³-hybridized carbons (Fsp3) is 0.810. The van der Waals surface area contributed by atoms with Crippen LogP contribution in [0, 0.1) is 35.0 Å². The van der Waals surface area contributed by atoms with Crippen LogP contribution in [0.3, 0.4) is 0 Å². The molecule has 1 spiro atoms. The first-order valence-corrected chi connectivity index (χ1v) is 9.41. The Morgan fingerprint density at radius 3 is 2.09 bits per heavy atom. The maximum absolute atomic E-state index is 6.38. The van der Waals surface area contributed by atoms with Gasteiger partial charge >= 0.3 is 0 Å². The molecule has 1 saturated heterocycles. The first-order valence-electron chi connectivity index (χ1n) is 9.41. The van der Waals surface area contributed by atoms with Gasteiger partial charge in [-0.25, -0.2) is 0 Å². The fourth-order valence-electron chi connectivity index (χ4n) is 5.44. The van der Waals surface area contributed by atoms with E-state index in [-0.39, 0.29) is 11.7 Å². The molecule has 3 rings (SSSR count). The van der Waals surface area contributed by atoms with E-state index in [0.29, 0.717) is 29.6 Å². The highest BCUT2D eigenvalue weighted by Crippen LogP contribution is 2.48. The van der Waals surface area contributed by atoms with Gasteiger partial charge in [-0.2, -0.15) is 0 Å². The molecule has 0 aromatic rings. The molecule has 0 radical (unpaired) electrons. The van der Waals surface area contributed by atoms with Gasteiger partial charge in [-0.15, -0.1) is 0 Å². The molecule has 5 atom stereocenters. The highest BCUT2D eigenvalue weighted by molar-refractivity contribution is 5.14. The van der Waals surface area contributed by atoms with Crippen molar-refractivity contribution in [1.82, 2.24) is 0 Å². The maximum atomic E-state index is 6.38. The summed E-state index contributed by atoms with van der Waals surface area (Å²) in [5.74, 6) is 2.84. The number of hydrogen-bond donors (Lipinski definition) is 0. The maximum Gasteiger partial charge on any atom is 0.161 e. The molecule has 3 aliphatic rings.